The molecule has 0 N–H and O–H groups in total. The molecule has 132 valence electrons. The number of morpholine rings is 1. The van der Waals surface area contributed by atoms with Gasteiger partial charge in [-0.2, -0.15) is 0 Å². The number of likely N-dealkylation sites (tertiary alicyclic amines) is 1. The number of benzene rings is 1. The molecule has 0 bridgehead atoms. The van der Waals surface area contributed by atoms with Crippen molar-refractivity contribution in [1.29, 1.82) is 0 Å². The molecular formula is C18H24Cl2N2O2. The summed E-state index contributed by atoms with van der Waals surface area (Å²) < 4.78 is 5.87. The molecule has 6 heteroatoms. The van der Waals surface area contributed by atoms with Crippen molar-refractivity contribution in [2.24, 2.45) is 5.41 Å². The molecule has 1 aromatic rings. The smallest absolute Gasteiger partial charge is 0.228 e. The summed E-state index contributed by atoms with van der Waals surface area (Å²) in [5.74, 6) is 0.254. The van der Waals surface area contributed by atoms with E-state index < -0.39 is 0 Å². The van der Waals surface area contributed by atoms with Crippen LogP contribution >= 0.6 is 23.2 Å². The van der Waals surface area contributed by atoms with Crippen molar-refractivity contribution < 1.29 is 9.53 Å². The summed E-state index contributed by atoms with van der Waals surface area (Å²) in [6.45, 7) is 5.83. The Balaban J connectivity index is 1.71. The largest absolute Gasteiger partial charge is 0.370 e. The summed E-state index contributed by atoms with van der Waals surface area (Å²) in [7, 11) is 2.11. The maximum absolute atomic E-state index is 13.1. The van der Waals surface area contributed by atoms with Gasteiger partial charge < -0.3 is 14.5 Å². The highest BCUT2D eigenvalue weighted by atomic mass is 35.5. The van der Waals surface area contributed by atoms with Gasteiger partial charge in [0.2, 0.25) is 5.91 Å². The van der Waals surface area contributed by atoms with E-state index in [2.05, 4.69) is 18.9 Å². The van der Waals surface area contributed by atoms with Gasteiger partial charge >= 0.3 is 0 Å². The van der Waals surface area contributed by atoms with Gasteiger partial charge in [0, 0.05) is 12.0 Å². The summed E-state index contributed by atoms with van der Waals surface area (Å²) in [6.07, 6.45) is 1.68. The lowest BCUT2D eigenvalue weighted by Crippen LogP contribution is -2.51. The Hall–Kier alpha value is -0.810. The number of nitrogens with zero attached hydrogens (tertiary/aromatic N) is 2. The molecule has 2 aliphatic heterocycles. The molecule has 1 amide bonds. The van der Waals surface area contributed by atoms with E-state index >= 15 is 0 Å². The maximum Gasteiger partial charge on any atom is 0.228 e. The Bertz CT molecular complexity index is 615. The second kappa shape index (κ2) is 7.20. The fourth-order valence-electron chi connectivity index (χ4n) is 3.46. The van der Waals surface area contributed by atoms with Crippen LogP contribution in [0.1, 0.15) is 31.4 Å². The number of carbonyl (C=O) groups excluding carboxylic acids is 1. The van der Waals surface area contributed by atoms with Crippen molar-refractivity contribution in [1.82, 2.24) is 9.80 Å². The Labute approximate surface area is 153 Å². The first kappa shape index (κ1) is 18.0. The maximum atomic E-state index is 13.1. The van der Waals surface area contributed by atoms with E-state index in [4.69, 9.17) is 27.9 Å². The first-order chi connectivity index (χ1) is 11.4. The molecule has 0 aliphatic carbocycles. The molecule has 0 spiro atoms. The molecule has 24 heavy (non-hydrogen) atoms. The zero-order valence-corrected chi connectivity index (χ0v) is 15.7. The predicted molar refractivity (Wildman–Crippen MR) is 96.6 cm³/mol. The number of hydrogen-bond donors (Lipinski definition) is 0. The molecule has 0 unspecified atom stereocenters. The van der Waals surface area contributed by atoms with Gasteiger partial charge in [0.15, 0.2) is 0 Å². The molecule has 4 nitrogen and oxygen atoms in total. The zero-order chi connectivity index (χ0) is 17.3. The lowest BCUT2D eigenvalue weighted by atomic mass is 9.79. The molecule has 2 heterocycles. The van der Waals surface area contributed by atoms with Crippen LogP contribution in [0.5, 0.6) is 0 Å². The topological polar surface area (TPSA) is 32.8 Å². The van der Waals surface area contributed by atoms with Crippen molar-refractivity contribution in [3.05, 3.63) is 33.8 Å². The van der Waals surface area contributed by atoms with E-state index in [9.17, 15) is 4.79 Å². The summed E-state index contributed by atoms with van der Waals surface area (Å²) in [5.41, 5.74) is 0.710. The minimum Gasteiger partial charge on any atom is -0.370 e. The molecule has 2 aliphatic rings. The lowest BCUT2D eigenvalue weighted by Gasteiger charge is -2.42. The zero-order valence-electron chi connectivity index (χ0n) is 14.2. The molecule has 0 aromatic heterocycles. The van der Waals surface area contributed by atoms with Crippen LogP contribution in [0.2, 0.25) is 10.0 Å². The summed E-state index contributed by atoms with van der Waals surface area (Å²) in [4.78, 5) is 17.3. The average molecular weight is 371 g/mol. The van der Waals surface area contributed by atoms with Crippen molar-refractivity contribution in [3.63, 3.8) is 0 Å². The highest BCUT2D eigenvalue weighted by Gasteiger charge is 2.40. The van der Waals surface area contributed by atoms with Gasteiger partial charge in [0.1, 0.15) is 6.10 Å². The number of halogens is 2. The number of carbonyl (C=O) groups is 1. The first-order valence-electron chi connectivity index (χ1n) is 8.43. The van der Waals surface area contributed by atoms with Crippen LogP contribution in [0.15, 0.2) is 18.2 Å². The van der Waals surface area contributed by atoms with Crippen molar-refractivity contribution in [3.8, 4) is 0 Å². The third-order valence-electron chi connectivity index (χ3n) is 5.28. The Morgan fingerprint density at radius 2 is 1.92 bits per heavy atom. The van der Waals surface area contributed by atoms with E-state index in [-0.39, 0.29) is 17.4 Å². The number of amides is 1. The SMILES string of the molecule is CN1CCC(C)(C(=O)N2CCO[C@@H](c3ccc(Cl)c(Cl)c3)C2)CC1. The molecule has 1 atom stereocenters. The lowest BCUT2D eigenvalue weighted by molar-refractivity contribution is -0.151. The number of rotatable bonds is 2. The van der Waals surface area contributed by atoms with Gasteiger partial charge in [-0.3, -0.25) is 4.79 Å². The van der Waals surface area contributed by atoms with Crippen molar-refractivity contribution in [2.75, 3.05) is 39.8 Å². The minimum absolute atomic E-state index is 0.146. The fraction of sp³-hybridized carbons (Fsp3) is 0.611. The van der Waals surface area contributed by atoms with Crippen LogP contribution in [0.3, 0.4) is 0 Å². The molecule has 2 saturated heterocycles. The van der Waals surface area contributed by atoms with Crippen molar-refractivity contribution in [2.45, 2.75) is 25.9 Å². The van der Waals surface area contributed by atoms with Gasteiger partial charge in [0.05, 0.1) is 23.2 Å². The Morgan fingerprint density at radius 3 is 2.58 bits per heavy atom. The fourth-order valence-corrected chi connectivity index (χ4v) is 3.76. The van der Waals surface area contributed by atoms with Gasteiger partial charge in [-0.05, 0) is 50.7 Å². The molecule has 0 saturated carbocycles. The highest BCUT2D eigenvalue weighted by Crippen LogP contribution is 2.35. The first-order valence-corrected chi connectivity index (χ1v) is 9.19. The molecule has 1 aromatic carbocycles. The molecule has 2 fully saturated rings. The molecule has 0 radical (unpaired) electrons. The van der Waals surface area contributed by atoms with Crippen LogP contribution in [-0.2, 0) is 9.53 Å². The predicted octanol–water partition coefficient (Wildman–Crippen LogP) is 3.63. The average Bonchev–Trinajstić information content (AvgIpc) is 2.59. The Morgan fingerprint density at radius 1 is 1.21 bits per heavy atom. The number of piperidine rings is 1. The van der Waals surface area contributed by atoms with Gasteiger partial charge in [-0.25, -0.2) is 0 Å². The van der Waals surface area contributed by atoms with Crippen LogP contribution in [0.4, 0.5) is 0 Å². The van der Waals surface area contributed by atoms with E-state index in [1.807, 2.05) is 17.0 Å². The second-order valence-corrected chi connectivity index (χ2v) is 7.96. The minimum atomic E-state index is -0.258. The second-order valence-electron chi connectivity index (χ2n) is 7.15. The normalized spacial score (nSPS) is 24.8. The summed E-state index contributed by atoms with van der Waals surface area (Å²) in [5, 5.41) is 1.05. The number of hydrogen-bond acceptors (Lipinski definition) is 3. The standard InChI is InChI=1S/C18H24Cl2N2O2/c1-18(5-7-21(2)8-6-18)17(23)22-9-10-24-16(12-22)13-3-4-14(19)15(20)11-13/h3-4,11,16H,5-10,12H2,1-2H3/t16-/m1/s1. The van der Waals surface area contributed by atoms with Crippen molar-refractivity contribution >= 4 is 29.1 Å². The van der Waals surface area contributed by atoms with Crippen LogP contribution in [0, 0.1) is 5.41 Å². The third kappa shape index (κ3) is 3.72. The van der Waals surface area contributed by atoms with E-state index in [1.54, 1.807) is 6.07 Å². The highest BCUT2D eigenvalue weighted by molar-refractivity contribution is 6.42. The van der Waals surface area contributed by atoms with Crippen LogP contribution < -0.4 is 0 Å². The molecule has 3 rings (SSSR count). The number of ether oxygens (including phenoxy) is 1. The van der Waals surface area contributed by atoms with Crippen LogP contribution in [-0.4, -0.2) is 55.5 Å². The van der Waals surface area contributed by atoms with E-state index in [1.165, 1.54) is 0 Å². The monoisotopic (exact) mass is 370 g/mol. The van der Waals surface area contributed by atoms with Crippen LogP contribution in [0.25, 0.3) is 0 Å². The van der Waals surface area contributed by atoms with E-state index in [0.717, 1.165) is 31.5 Å². The Kier molecular flexibility index (Phi) is 5.40. The van der Waals surface area contributed by atoms with Gasteiger partial charge in [-0.15, -0.1) is 0 Å². The third-order valence-corrected chi connectivity index (χ3v) is 6.02. The summed E-state index contributed by atoms with van der Waals surface area (Å²) in [6, 6.07) is 5.53. The summed E-state index contributed by atoms with van der Waals surface area (Å²) >= 11 is 12.1. The molecular weight excluding hydrogens is 347 g/mol. The van der Waals surface area contributed by atoms with E-state index in [0.29, 0.717) is 29.7 Å². The van der Waals surface area contributed by atoms with Gasteiger partial charge in [-0.1, -0.05) is 36.2 Å². The van der Waals surface area contributed by atoms with Gasteiger partial charge in [0.25, 0.3) is 0 Å². The quantitative estimate of drug-likeness (QED) is 0.796.